The maximum atomic E-state index is 14.5. The lowest BCUT2D eigenvalue weighted by Gasteiger charge is -2.45. The van der Waals surface area contributed by atoms with E-state index in [1.54, 1.807) is 57.0 Å². The number of carbonyl (C=O) groups excluding carboxylic acids is 3. The van der Waals surface area contributed by atoms with Crippen LogP contribution in [0.25, 0.3) is 0 Å². The SMILES string of the molecule is CCC(C)(C)N(C(=O)C(NC(=O)OC(C)(C)C)C(C)C)C(C(=O)Nc1ccc(OC)cc1)c1c(C)cccc1C. The predicted octanol–water partition coefficient (Wildman–Crippen LogP) is 6.56. The molecule has 220 valence electrons. The number of nitrogens with zero attached hydrogens (tertiary/aromatic N) is 1. The molecule has 2 aromatic carbocycles. The monoisotopic (exact) mass is 553 g/mol. The van der Waals surface area contributed by atoms with E-state index < -0.39 is 29.3 Å². The number of benzene rings is 2. The quantitative estimate of drug-likeness (QED) is 0.347. The number of ether oxygens (including phenoxy) is 2. The molecule has 0 spiro atoms. The molecular formula is C32H47N3O5. The van der Waals surface area contributed by atoms with Crippen molar-refractivity contribution in [3.63, 3.8) is 0 Å². The summed E-state index contributed by atoms with van der Waals surface area (Å²) < 4.78 is 10.7. The van der Waals surface area contributed by atoms with E-state index in [2.05, 4.69) is 10.6 Å². The van der Waals surface area contributed by atoms with Gasteiger partial charge in [0.1, 0.15) is 23.4 Å². The zero-order chi connectivity index (χ0) is 30.4. The molecule has 0 aliphatic heterocycles. The number of methoxy groups -OCH3 is 1. The van der Waals surface area contributed by atoms with Crippen molar-refractivity contribution in [1.82, 2.24) is 10.2 Å². The van der Waals surface area contributed by atoms with Gasteiger partial charge < -0.3 is 25.0 Å². The van der Waals surface area contributed by atoms with Crippen molar-refractivity contribution in [2.24, 2.45) is 5.92 Å². The number of hydrogen-bond donors (Lipinski definition) is 2. The zero-order valence-electron chi connectivity index (χ0n) is 26.0. The van der Waals surface area contributed by atoms with E-state index in [9.17, 15) is 14.4 Å². The van der Waals surface area contributed by atoms with Crippen LogP contribution in [0.3, 0.4) is 0 Å². The molecule has 0 heterocycles. The van der Waals surface area contributed by atoms with E-state index >= 15 is 0 Å². The van der Waals surface area contributed by atoms with Crippen LogP contribution < -0.4 is 15.4 Å². The molecule has 40 heavy (non-hydrogen) atoms. The standard InChI is InChI=1S/C32H47N3O5/c1-12-32(9,10)35(29(37)26(20(2)3)34-30(38)40-31(6,7)8)27(25-21(4)14-13-15-22(25)5)28(36)33-23-16-18-24(39-11)19-17-23/h13-20,26-27H,12H2,1-11H3,(H,33,36)(H,34,38). The fourth-order valence-electron chi connectivity index (χ4n) is 4.56. The van der Waals surface area contributed by atoms with E-state index in [0.717, 1.165) is 16.7 Å². The van der Waals surface area contributed by atoms with Gasteiger partial charge in [-0.1, -0.05) is 39.0 Å². The summed E-state index contributed by atoms with van der Waals surface area (Å²) in [5, 5.41) is 5.81. The zero-order valence-corrected chi connectivity index (χ0v) is 26.0. The van der Waals surface area contributed by atoms with Gasteiger partial charge in [-0.05, 0) is 102 Å². The molecule has 0 aliphatic carbocycles. The molecular weight excluding hydrogens is 506 g/mol. The average Bonchev–Trinajstić information content (AvgIpc) is 2.85. The van der Waals surface area contributed by atoms with Crippen LogP contribution in [-0.4, -0.2) is 47.1 Å². The van der Waals surface area contributed by atoms with Crippen LogP contribution >= 0.6 is 0 Å². The highest BCUT2D eigenvalue weighted by molar-refractivity contribution is 5.99. The number of hydrogen-bond acceptors (Lipinski definition) is 5. The van der Waals surface area contributed by atoms with E-state index in [-0.39, 0.29) is 17.7 Å². The normalized spacial score (nSPS) is 13.3. The second kappa shape index (κ2) is 13.2. The summed E-state index contributed by atoms with van der Waals surface area (Å²) in [5.41, 5.74) is 1.65. The van der Waals surface area contributed by atoms with Crippen LogP contribution in [0.15, 0.2) is 42.5 Å². The summed E-state index contributed by atoms with van der Waals surface area (Å²) in [7, 11) is 1.58. The van der Waals surface area contributed by atoms with Crippen LogP contribution in [-0.2, 0) is 14.3 Å². The van der Waals surface area contributed by atoms with Crippen molar-refractivity contribution in [3.8, 4) is 5.75 Å². The first-order valence-electron chi connectivity index (χ1n) is 13.9. The van der Waals surface area contributed by atoms with Gasteiger partial charge in [-0.3, -0.25) is 9.59 Å². The number of nitrogens with one attached hydrogen (secondary N) is 2. The highest BCUT2D eigenvalue weighted by Crippen LogP contribution is 2.36. The number of carbonyl (C=O) groups is 3. The van der Waals surface area contributed by atoms with Crippen LogP contribution in [0.4, 0.5) is 10.5 Å². The third-order valence-corrected chi connectivity index (χ3v) is 7.04. The van der Waals surface area contributed by atoms with Crippen molar-refractivity contribution < 1.29 is 23.9 Å². The Morgan fingerprint density at radius 2 is 1.48 bits per heavy atom. The van der Waals surface area contributed by atoms with Gasteiger partial charge in [0.25, 0.3) is 5.91 Å². The Morgan fingerprint density at radius 1 is 0.925 bits per heavy atom. The van der Waals surface area contributed by atoms with Gasteiger partial charge in [0.15, 0.2) is 0 Å². The lowest BCUT2D eigenvalue weighted by atomic mass is 9.87. The first-order chi connectivity index (χ1) is 18.5. The summed E-state index contributed by atoms with van der Waals surface area (Å²) >= 11 is 0. The van der Waals surface area contributed by atoms with Crippen LogP contribution in [0.2, 0.25) is 0 Å². The molecule has 0 fully saturated rings. The molecule has 8 heteroatoms. The molecule has 0 radical (unpaired) electrons. The predicted molar refractivity (Wildman–Crippen MR) is 159 cm³/mol. The van der Waals surface area contributed by atoms with Gasteiger partial charge in [-0.25, -0.2) is 4.79 Å². The molecule has 0 saturated carbocycles. The number of amides is 3. The first kappa shape index (κ1) is 32.7. The summed E-state index contributed by atoms with van der Waals surface area (Å²) in [6, 6.07) is 11.0. The lowest BCUT2D eigenvalue weighted by Crippen LogP contribution is -2.60. The maximum absolute atomic E-state index is 14.5. The molecule has 0 aromatic heterocycles. The number of anilines is 1. The number of rotatable bonds is 10. The van der Waals surface area contributed by atoms with Crippen molar-refractivity contribution >= 4 is 23.6 Å². The Morgan fingerprint density at radius 3 is 1.93 bits per heavy atom. The summed E-state index contributed by atoms with van der Waals surface area (Å²) in [5.74, 6) is -0.304. The topological polar surface area (TPSA) is 97.0 Å². The second-order valence-corrected chi connectivity index (χ2v) is 12.2. The Kier molecular flexibility index (Phi) is 10.8. The van der Waals surface area contributed by atoms with Gasteiger partial charge in [0.2, 0.25) is 5.91 Å². The molecule has 0 saturated heterocycles. The van der Waals surface area contributed by atoms with Gasteiger partial charge in [-0.2, -0.15) is 0 Å². The van der Waals surface area contributed by atoms with Crippen molar-refractivity contribution in [2.45, 2.75) is 98.9 Å². The molecule has 2 N–H and O–H groups in total. The van der Waals surface area contributed by atoms with Crippen molar-refractivity contribution in [2.75, 3.05) is 12.4 Å². The molecule has 2 aromatic rings. The summed E-state index contributed by atoms with van der Waals surface area (Å²) in [6.45, 7) is 18.8. The Bertz CT molecular complexity index is 1160. The lowest BCUT2D eigenvalue weighted by molar-refractivity contribution is -0.148. The highest BCUT2D eigenvalue weighted by Gasteiger charge is 2.44. The first-order valence-corrected chi connectivity index (χ1v) is 13.9. The average molecular weight is 554 g/mol. The molecule has 2 atom stereocenters. The molecule has 2 rings (SSSR count). The van der Waals surface area contributed by atoms with Crippen molar-refractivity contribution in [1.29, 1.82) is 0 Å². The third-order valence-electron chi connectivity index (χ3n) is 7.04. The summed E-state index contributed by atoms with van der Waals surface area (Å²) in [6.07, 6.45) is -0.104. The fraction of sp³-hybridized carbons (Fsp3) is 0.531. The van der Waals surface area contributed by atoms with Crippen molar-refractivity contribution in [3.05, 3.63) is 59.2 Å². The van der Waals surface area contributed by atoms with Gasteiger partial charge in [0, 0.05) is 11.2 Å². The Labute approximate surface area is 239 Å². The van der Waals surface area contributed by atoms with Gasteiger partial charge in [-0.15, -0.1) is 0 Å². The molecule has 0 bridgehead atoms. The van der Waals surface area contributed by atoms with Crippen LogP contribution in [0, 0.1) is 19.8 Å². The van der Waals surface area contributed by atoms with E-state index in [1.807, 2.05) is 66.7 Å². The minimum Gasteiger partial charge on any atom is -0.497 e. The molecule has 0 aliphatic rings. The minimum atomic E-state index is -0.965. The van der Waals surface area contributed by atoms with Gasteiger partial charge >= 0.3 is 6.09 Å². The third kappa shape index (κ3) is 8.23. The minimum absolute atomic E-state index is 0.265. The maximum Gasteiger partial charge on any atom is 0.408 e. The smallest absolute Gasteiger partial charge is 0.408 e. The van der Waals surface area contributed by atoms with Crippen LogP contribution in [0.5, 0.6) is 5.75 Å². The Hall–Kier alpha value is -3.55. The van der Waals surface area contributed by atoms with E-state index in [1.165, 1.54) is 0 Å². The Balaban J connectivity index is 2.69. The van der Waals surface area contributed by atoms with E-state index in [4.69, 9.17) is 9.47 Å². The molecule has 3 amide bonds. The molecule has 2 unspecified atom stereocenters. The van der Waals surface area contributed by atoms with Crippen LogP contribution in [0.1, 0.15) is 84.5 Å². The second-order valence-electron chi connectivity index (χ2n) is 12.2. The fourth-order valence-corrected chi connectivity index (χ4v) is 4.56. The largest absolute Gasteiger partial charge is 0.497 e. The summed E-state index contributed by atoms with van der Waals surface area (Å²) in [4.78, 5) is 43.2. The molecule has 8 nitrogen and oxygen atoms in total. The number of alkyl carbamates (subject to hydrolysis) is 1. The van der Waals surface area contributed by atoms with Gasteiger partial charge in [0.05, 0.1) is 7.11 Å². The van der Waals surface area contributed by atoms with E-state index in [0.29, 0.717) is 17.9 Å². The number of aryl methyl sites for hydroxylation is 2. The highest BCUT2D eigenvalue weighted by atomic mass is 16.6.